The zero-order chi connectivity index (χ0) is 28.9. The summed E-state index contributed by atoms with van der Waals surface area (Å²) in [7, 11) is 0. The molecule has 0 saturated heterocycles. The van der Waals surface area contributed by atoms with Gasteiger partial charge in [-0.1, -0.05) is 93.4 Å². The van der Waals surface area contributed by atoms with Crippen molar-refractivity contribution in [1.82, 2.24) is 0 Å². The summed E-state index contributed by atoms with van der Waals surface area (Å²) < 4.78 is 6.10. The van der Waals surface area contributed by atoms with E-state index in [1.807, 2.05) is 0 Å². The second kappa shape index (κ2) is 14.3. The van der Waals surface area contributed by atoms with Gasteiger partial charge in [-0.25, -0.2) is 0 Å². The molecule has 0 N–H and O–H groups in total. The molecule has 2 heteroatoms. The summed E-state index contributed by atoms with van der Waals surface area (Å²) in [5.41, 5.74) is 1.05. The Hall–Kier alpha value is -0.530. The van der Waals surface area contributed by atoms with Crippen molar-refractivity contribution >= 4 is 5.97 Å². The van der Waals surface area contributed by atoms with Gasteiger partial charge < -0.3 is 4.74 Å². The van der Waals surface area contributed by atoms with E-state index < -0.39 is 0 Å². The summed E-state index contributed by atoms with van der Waals surface area (Å²) in [6.45, 7) is 17.5. The summed E-state index contributed by atoms with van der Waals surface area (Å²) in [5, 5.41) is 0. The van der Waals surface area contributed by atoms with Gasteiger partial charge in [0.1, 0.15) is 6.10 Å². The van der Waals surface area contributed by atoms with E-state index in [1.54, 1.807) is 0 Å². The van der Waals surface area contributed by atoms with E-state index in [0.717, 1.165) is 66.6 Å². The molecular weight excluding hydrogens is 488 g/mol. The number of fused-ring (bicyclic) bond motifs is 5. The van der Waals surface area contributed by atoms with Crippen LogP contribution < -0.4 is 0 Å². The van der Waals surface area contributed by atoms with Crippen LogP contribution in [0.5, 0.6) is 0 Å². The third kappa shape index (κ3) is 6.98. The predicted molar refractivity (Wildman–Crippen MR) is 170 cm³/mol. The lowest BCUT2D eigenvalue weighted by molar-refractivity contribution is -0.162. The molecule has 40 heavy (non-hydrogen) atoms. The highest BCUT2D eigenvalue weighted by atomic mass is 16.5. The van der Waals surface area contributed by atoms with Crippen LogP contribution in [0.1, 0.15) is 170 Å². The van der Waals surface area contributed by atoms with Crippen LogP contribution in [0.3, 0.4) is 0 Å². The fourth-order valence-corrected chi connectivity index (χ4v) is 11.3. The monoisotopic (exact) mass is 557 g/mol. The standard InChI is InChI=1S/C38H68O2/c1-8-10-11-12-13-14-15-36(39)40-31-22-24-37(6)30(26-31)18-19-32-34-21-20-33(38(34,7)25-23-35(32)37)28(5)16-17-29(9-2)27(3)4/h27-35H,8-26H2,1-7H3/t28-,29-,30+,31+,32+,33-,34+,35+,37+,38-/m1/s1. The molecule has 0 aromatic carbocycles. The Labute approximate surface area is 249 Å². The highest BCUT2D eigenvalue weighted by Gasteiger charge is 2.60. The van der Waals surface area contributed by atoms with E-state index in [2.05, 4.69) is 48.5 Å². The molecular formula is C38H68O2. The third-order valence-corrected chi connectivity index (χ3v) is 13.9. The minimum absolute atomic E-state index is 0.0796. The summed E-state index contributed by atoms with van der Waals surface area (Å²) >= 11 is 0. The Balaban J connectivity index is 1.29. The Bertz CT molecular complexity index is 788. The highest BCUT2D eigenvalue weighted by molar-refractivity contribution is 5.69. The van der Waals surface area contributed by atoms with Crippen LogP contribution in [0, 0.1) is 58.2 Å². The van der Waals surface area contributed by atoms with Crippen LogP contribution in [-0.2, 0) is 9.53 Å². The van der Waals surface area contributed by atoms with Gasteiger partial charge in [-0.05, 0) is 129 Å². The van der Waals surface area contributed by atoms with Gasteiger partial charge >= 0.3 is 5.97 Å². The van der Waals surface area contributed by atoms with E-state index in [9.17, 15) is 4.79 Å². The van der Waals surface area contributed by atoms with Gasteiger partial charge in [0.15, 0.2) is 0 Å². The first-order valence-corrected chi connectivity index (χ1v) is 18.3. The number of carbonyl (C=O) groups excluding carboxylic acids is 1. The van der Waals surface area contributed by atoms with Crippen molar-refractivity contribution < 1.29 is 9.53 Å². The highest BCUT2D eigenvalue weighted by Crippen LogP contribution is 2.68. The molecule has 0 aromatic heterocycles. The SMILES string of the molecule is CCCCCCCCC(=O)O[C@H]1CC[C@@]2(C)[C@@H](CC[C@@H]3[C@@H]2CC[C@]2(C)[C@@H]([C@H](C)CC[C@@H](CC)C(C)C)CC[C@@H]32)C1. The van der Waals surface area contributed by atoms with Gasteiger partial charge in [-0.15, -0.1) is 0 Å². The van der Waals surface area contributed by atoms with Crippen LogP contribution in [0.2, 0.25) is 0 Å². The van der Waals surface area contributed by atoms with Crippen molar-refractivity contribution in [2.75, 3.05) is 0 Å². The van der Waals surface area contributed by atoms with E-state index in [0.29, 0.717) is 17.3 Å². The van der Waals surface area contributed by atoms with Crippen molar-refractivity contribution in [3.05, 3.63) is 0 Å². The maximum Gasteiger partial charge on any atom is 0.306 e. The molecule has 0 bridgehead atoms. The molecule has 0 heterocycles. The van der Waals surface area contributed by atoms with Gasteiger partial charge in [0.2, 0.25) is 0 Å². The number of ether oxygens (including phenoxy) is 1. The summed E-state index contributed by atoms with van der Waals surface area (Å²) in [6, 6.07) is 0. The van der Waals surface area contributed by atoms with E-state index in [4.69, 9.17) is 4.74 Å². The molecule has 232 valence electrons. The van der Waals surface area contributed by atoms with Crippen molar-refractivity contribution in [3.63, 3.8) is 0 Å². The first kappa shape index (κ1) is 32.4. The lowest BCUT2D eigenvalue weighted by Gasteiger charge is -2.61. The summed E-state index contributed by atoms with van der Waals surface area (Å²) in [4.78, 5) is 12.6. The first-order valence-electron chi connectivity index (χ1n) is 18.3. The molecule has 4 rings (SSSR count). The largest absolute Gasteiger partial charge is 0.462 e. The van der Waals surface area contributed by atoms with Crippen molar-refractivity contribution in [3.8, 4) is 0 Å². The normalized spacial score (nSPS) is 38.8. The molecule has 4 aliphatic rings. The Kier molecular flexibility index (Phi) is 11.6. The van der Waals surface area contributed by atoms with Crippen molar-refractivity contribution in [1.29, 1.82) is 0 Å². The predicted octanol–water partition coefficient (Wildman–Crippen LogP) is 11.4. The lowest BCUT2D eigenvalue weighted by Crippen LogP contribution is -2.54. The summed E-state index contributed by atoms with van der Waals surface area (Å²) in [5.74, 6) is 7.21. The zero-order valence-electron chi connectivity index (χ0n) is 27.9. The molecule has 4 saturated carbocycles. The van der Waals surface area contributed by atoms with Crippen molar-refractivity contribution in [2.24, 2.45) is 58.2 Å². The number of unbranched alkanes of at least 4 members (excludes halogenated alkanes) is 5. The number of hydrogen-bond donors (Lipinski definition) is 0. The van der Waals surface area contributed by atoms with Gasteiger partial charge in [-0.2, -0.15) is 0 Å². The molecule has 0 spiro atoms. The average molecular weight is 557 g/mol. The van der Waals surface area contributed by atoms with Gasteiger partial charge in [0, 0.05) is 6.42 Å². The van der Waals surface area contributed by atoms with Gasteiger partial charge in [0.05, 0.1) is 0 Å². The third-order valence-electron chi connectivity index (χ3n) is 13.9. The smallest absolute Gasteiger partial charge is 0.306 e. The second-order valence-corrected chi connectivity index (χ2v) is 16.3. The second-order valence-electron chi connectivity index (χ2n) is 16.3. The number of hydrogen-bond acceptors (Lipinski definition) is 2. The minimum atomic E-state index is 0.0796. The Morgan fingerprint density at radius 3 is 2.23 bits per heavy atom. The topological polar surface area (TPSA) is 26.3 Å². The molecule has 0 amide bonds. The maximum atomic E-state index is 12.6. The molecule has 4 aliphatic carbocycles. The quantitative estimate of drug-likeness (QED) is 0.157. The first-order chi connectivity index (χ1) is 19.1. The van der Waals surface area contributed by atoms with Crippen LogP contribution >= 0.6 is 0 Å². The van der Waals surface area contributed by atoms with E-state index in [-0.39, 0.29) is 12.1 Å². The average Bonchev–Trinajstić information content (AvgIpc) is 3.28. The van der Waals surface area contributed by atoms with Crippen LogP contribution in [-0.4, -0.2) is 12.1 Å². The molecule has 2 nitrogen and oxygen atoms in total. The van der Waals surface area contributed by atoms with Gasteiger partial charge in [-0.3, -0.25) is 4.79 Å². The van der Waals surface area contributed by atoms with E-state index >= 15 is 0 Å². The summed E-state index contributed by atoms with van der Waals surface area (Å²) in [6.07, 6.45) is 24.7. The number of carbonyl (C=O) groups is 1. The lowest BCUT2D eigenvalue weighted by atomic mass is 9.44. The fourth-order valence-electron chi connectivity index (χ4n) is 11.3. The van der Waals surface area contributed by atoms with E-state index in [1.165, 1.54) is 96.3 Å². The molecule has 0 radical (unpaired) electrons. The molecule has 4 fully saturated rings. The Morgan fingerprint density at radius 2 is 1.50 bits per heavy atom. The molecule has 10 atom stereocenters. The fraction of sp³-hybridized carbons (Fsp3) is 0.974. The van der Waals surface area contributed by atoms with Crippen LogP contribution in [0.4, 0.5) is 0 Å². The Morgan fingerprint density at radius 1 is 0.800 bits per heavy atom. The van der Waals surface area contributed by atoms with Crippen LogP contribution in [0.25, 0.3) is 0 Å². The number of rotatable bonds is 14. The maximum absolute atomic E-state index is 12.6. The molecule has 0 unspecified atom stereocenters. The zero-order valence-corrected chi connectivity index (χ0v) is 27.9. The van der Waals surface area contributed by atoms with Crippen molar-refractivity contribution in [2.45, 2.75) is 177 Å². The van der Waals surface area contributed by atoms with Crippen LogP contribution in [0.15, 0.2) is 0 Å². The van der Waals surface area contributed by atoms with Gasteiger partial charge in [0.25, 0.3) is 0 Å². The minimum Gasteiger partial charge on any atom is -0.462 e. The molecule has 0 aliphatic heterocycles. The number of esters is 1. The molecule has 0 aromatic rings.